The number of likely N-dealkylation sites (tertiary alicyclic amines) is 1. The summed E-state index contributed by atoms with van der Waals surface area (Å²) in [7, 11) is 0. The smallest absolute Gasteiger partial charge is 0.255 e. The van der Waals surface area contributed by atoms with Gasteiger partial charge in [-0.25, -0.2) is 4.39 Å². The molecule has 2 aromatic heterocycles. The van der Waals surface area contributed by atoms with E-state index >= 15 is 0 Å². The number of piperidine rings is 1. The second-order valence-corrected chi connectivity index (χ2v) is 7.68. The number of aryl methyl sites for hydroxylation is 1. The van der Waals surface area contributed by atoms with Gasteiger partial charge in [0.15, 0.2) is 0 Å². The molecule has 0 saturated carbocycles. The van der Waals surface area contributed by atoms with Crippen molar-refractivity contribution in [1.29, 1.82) is 0 Å². The van der Waals surface area contributed by atoms with Gasteiger partial charge in [0.1, 0.15) is 5.82 Å². The Hall–Kier alpha value is -3.08. The lowest BCUT2D eigenvalue weighted by atomic mass is 9.92. The molecule has 4 nitrogen and oxygen atoms in total. The van der Waals surface area contributed by atoms with Crippen molar-refractivity contribution in [3.63, 3.8) is 0 Å². The van der Waals surface area contributed by atoms with Crippen LogP contribution in [0, 0.1) is 12.7 Å². The highest BCUT2D eigenvalue weighted by Gasteiger charge is 2.26. The van der Waals surface area contributed by atoms with Gasteiger partial charge in [-0.3, -0.25) is 14.8 Å². The molecular weight excluding hydrogens is 365 g/mol. The Balaban J connectivity index is 1.52. The van der Waals surface area contributed by atoms with Crippen LogP contribution in [-0.4, -0.2) is 33.9 Å². The van der Waals surface area contributed by atoms with Crippen molar-refractivity contribution in [2.45, 2.75) is 32.1 Å². The van der Waals surface area contributed by atoms with Crippen molar-refractivity contribution < 1.29 is 9.18 Å². The third kappa shape index (κ3) is 4.67. The number of nitrogens with zero attached hydrogens (tertiary/aromatic N) is 3. The van der Waals surface area contributed by atoms with Gasteiger partial charge in [0.25, 0.3) is 5.91 Å². The quantitative estimate of drug-likeness (QED) is 0.658. The average molecular weight is 389 g/mol. The molecule has 0 aliphatic carbocycles. The van der Waals surface area contributed by atoms with E-state index in [4.69, 9.17) is 4.98 Å². The highest BCUT2D eigenvalue weighted by molar-refractivity contribution is 5.94. The van der Waals surface area contributed by atoms with Gasteiger partial charge in [0.05, 0.1) is 5.56 Å². The minimum Gasteiger partial charge on any atom is -0.338 e. The first-order valence-corrected chi connectivity index (χ1v) is 10.00. The molecule has 1 atom stereocenters. The fourth-order valence-electron chi connectivity index (χ4n) is 3.99. The van der Waals surface area contributed by atoms with Crippen LogP contribution < -0.4 is 0 Å². The Kier molecular flexibility index (Phi) is 5.65. The van der Waals surface area contributed by atoms with E-state index in [9.17, 15) is 9.18 Å². The molecule has 0 radical (unpaired) electrons. The zero-order valence-corrected chi connectivity index (χ0v) is 16.5. The number of carbonyl (C=O) groups is 1. The maximum Gasteiger partial charge on any atom is 0.255 e. The predicted octanol–water partition coefficient (Wildman–Crippen LogP) is 4.53. The van der Waals surface area contributed by atoms with Crippen LogP contribution in [0.2, 0.25) is 0 Å². The summed E-state index contributed by atoms with van der Waals surface area (Å²) in [5.74, 6) is 0.0270. The highest BCUT2D eigenvalue weighted by Crippen LogP contribution is 2.28. The van der Waals surface area contributed by atoms with Gasteiger partial charge in [0.2, 0.25) is 0 Å². The van der Waals surface area contributed by atoms with Crippen LogP contribution in [0.15, 0.2) is 60.9 Å². The first-order valence-electron chi connectivity index (χ1n) is 10.00. The van der Waals surface area contributed by atoms with Gasteiger partial charge in [-0.15, -0.1) is 0 Å². The van der Waals surface area contributed by atoms with E-state index in [0.29, 0.717) is 12.1 Å². The molecule has 3 heterocycles. The molecule has 0 spiro atoms. The summed E-state index contributed by atoms with van der Waals surface area (Å²) in [5.41, 5.74) is 4.86. The van der Waals surface area contributed by atoms with Gasteiger partial charge in [0, 0.05) is 42.8 Å². The number of pyridine rings is 2. The first-order chi connectivity index (χ1) is 14.1. The summed E-state index contributed by atoms with van der Waals surface area (Å²) < 4.78 is 13.2. The summed E-state index contributed by atoms with van der Waals surface area (Å²) in [4.78, 5) is 23.6. The number of rotatable bonds is 4. The van der Waals surface area contributed by atoms with Crippen LogP contribution in [0.3, 0.4) is 0 Å². The first kappa shape index (κ1) is 19.2. The highest BCUT2D eigenvalue weighted by atomic mass is 19.1. The second kappa shape index (κ2) is 8.52. The normalized spacial score (nSPS) is 16.6. The van der Waals surface area contributed by atoms with E-state index in [1.165, 1.54) is 12.1 Å². The topological polar surface area (TPSA) is 46.1 Å². The number of halogens is 1. The molecule has 1 fully saturated rings. The van der Waals surface area contributed by atoms with E-state index in [1.54, 1.807) is 18.5 Å². The van der Waals surface area contributed by atoms with Crippen molar-refractivity contribution >= 4 is 5.91 Å². The lowest BCUT2D eigenvalue weighted by molar-refractivity contribution is 0.0705. The average Bonchev–Trinajstić information content (AvgIpc) is 2.75. The molecule has 148 valence electrons. The fourth-order valence-corrected chi connectivity index (χ4v) is 3.99. The van der Waals surface area contributed by atoms with Crippen LogP contribution in [0.5, 0.6) is 0 Å². The molecular formula is C24H24FN3O. The maximum absolute atomic E-state index is 13.2. The lowest BCUT2D eigenvalue weighted by Gasteiger charge is -2.32. The van der Waals surface area contributed by atoms with E-state index in [2.05, 4.69) is 17.1 Å². The number of hydrogen-bond donors (Lipinski definition) is 0. The molecule has 1 aliphatic heterocycles. The predicted molar refractivity (Wildman–Crippen MR) is 110 cm³/mol. The Morgan fingerprint density at radius 1 is 1.17 bits per heavy atom. The SMILES string of the molecule is Cc1cc(Cc2ccc(F)cc2)cc([C@@H]2CCCN(C(=O)c3cccnc3)C2)n1. The Labute approximate surface area is 170 Å². The van der Waals surface area contributed by atoms with Crippen molar-refractivity contribution in [3.8, 4) is 0 Å². The van der Waals surface area contributed by atoms with Crippen LogP contribution >= 0.6 is 0 Å². The monoisotopic (exact) mass is 389 g/mol. The minimum absolute atomic E-state index is 0.0296. The van der Waals surface area contributed by atoms with Crippen molar-refractivity contribution in [1.82, 2.24) is 14.9 Å². The van der Waals surface area contributed by atoms with E-state index in [0.717, 1.165) is 48.3 Å². The molecule has 3 aromatic rings. The fraction of sp³-hybridized carbons (Fsp3) is 0.292. The summed E-state index contributed by atoms with van der Waals surface area (Å²) >= 11 is 0. The molecule has 0 N–H and O–H groups in total. The molecule has 1 aliphatic rings. The molecule has 0 unspecified atom stereocenters. The van der Waals surface area contributed by atoms with Gasteiger partial charge >= 0.3 is 0 Å². The van der Waals surface area contributed by atoms with Crippen molar-refractivity contribution in [2.75, 3.05) is 13.1 Å². The maximum atomic E-state index is 13.2. The van der Waals surface area contributed by atoms with Crippen LogP contribution in [-0.2, 0) is 6.42 Å². The number of amides is 1. The minimum atomic E-state index is -0.221. The standard InChI is InChI=1S/C24H24FN3O/c1-17-12-19(13-18-6-8-22(25)9-7-18)14-23(27-17)21-5-3-11-28(16-21)24(29)20-4-2-10-26-15-20/h2,4,6-10,12,14-15,21H,3,5,11,13,16H2,1H3/t21-/m1/s1. The molecule has 5 heteroatoms. The summed E-state index contributed by atoms with van der Waals surface area (Å²) in [5, 5.41) is 0. The van der Waals surface area contributed by atoms with E-state index in [1.807, 2.05) is 30.0 Å². The molecule has 1 amide bonds. The number of aromatic nitrogens is 2. The van der Waals surface area contributed by atoms with Crippen LogP contribution in [0.1, 0.15) is 51.6 Å². The molecule has 4 rings (SSSR count). The lowest BCUT2D eigenvalue weighted by Crippen LogP contribution is -2.39. The van der Waals surface area contributed by atoms with Gasteiger partial charge in [-0.05, 0) is 73.7 Å². The third-order valence-corrected chi connectivity index (χ3v) is 5.39. The summed E-state index contributed by atoms with van der Waals surface area (Å²) in [6, 6.07) is 14.4. The Morgan fingerprint density at radius 2 is 2.00 bits per heavy atom. The van der Waals surface area contributed by atoms with E-state index in [-0.39, 0.29) is 17.6 Å². The Bertz CT molecular complexity index is 989. The Morgan fingerprint density at radius 3 is 2.76 bits per heavy atom. The third-order valence-electron chi connectivity index (χ3n) is 5.39. The zero-order chi connectivity index (χ0) is 20.2. The van der Waals surface area contributed by atoms with Crippen molar-refractivity contribution in [3.05, 3.63) is 94.8 Å². The van der Waals surface area contributed by atoms with Crippen LogP contribution in [0.25, 0.3) is 0 Å². The molecule has 0 bridgehead atoms. The van der Waals surface area contributed by atoms with Crippen LogP contribution in [0.4, 0.5) is 4.39 Å². The largest absolute Gasteiger partial charge is 0.338 e. The van der Waals surface area contributed by atoms with Gasteiger partial charge in [-0.2, -0.15) is 0 Å². The number of carbonyl (C=O) groups excluding carboxylic acids is 1. The summed E-state index contributed by atoms with van der Waals surface area (Å²) in [6.07, 6.45) is 6.01. The molecule has 29 heavy (non-hydrogen) atoms. The van der Waals surface area contributed by atoms with Gasteiger partial charge in [-0.1, -0.05) is 12.1 Å². The number of hydrogen-bond acceptors (Lipinski definition) is 3. The summed E-state index contributed by atoms with van der Waals surface area (Å²) in [6.45, 7) is 3.43. The number of benzene rings is 1. The van der Waals surface area contributed by atoms with Crippen molar-refractivity contribution in [2.24, 2.45) is 0 Å². The zero-order valence-electron chi connectivity index (χ0n) is 16.5. The molecule has 1 saturated heterocycles. The second-order valence-electron chi connectivity index (χ2n) is 7.68. The van der Waals surface area contributed by atoms with E-state index < -0.39 is 0 Å². The molecule has 1 aromatic carbocycles. The van der Waals surface area contributed by atoms with Gasteiger partial charge < -0.3 is 4.90 Å².